The fraction of sp³-hybridized carbons (Fsp3) is 0. The molecule has 4 heavy (non-hydrogen) atoms. The molecule has 2 nitrogen and oxygen atoms in total. The number of rotatable bonds is 0. The first-order valence-corrected chi connectivity index (χ1v) is 1.15. The Balaban J connectivity index is 0. The van der Waals surface area contributed by atoms with Gasteiger partial charge in [0.05, 0.1) is 0 Å². The predicted molar refractivity (Wildman–Crippen MR) is 9.83 cm³/mol. The Morgan fingerprint density at radius 1 is 1.75 bits per heavy atom. The van der Waals surface area contributed by atoms with Gasteiger partial charge in [-0.15, -0.1) is 0 Å². The van der Waals surface area contributed by atoms with Gasteiger partial charge in [-0.1, -0.05) is 0 Å². The molecule has 0 aliphatic heterocycles. The third-order valence-corrected chi connectivity index (χ3v) is 0. The van der Waals surface area contributed by atoms with E-state index in [1.165, 1.54) is 0 Å². The minimum Gasteiger partial charge on any atom is -0.310 e. The van der Waals surface area contributed by atoms with Gasteiger partial charge in [0.1, 0.15) is 0 Å². The third-order valence-electron chi connectivity index (χ3n) is 0. The maximum atomic E-state index is 8.46. The zero-order valence-corrected chi connectivity index (χ0v) is 3.88. The maximum Gasteiger partial charge on any atom is 0.324 e. The average molecular weight is 116 g/mol. The molecule has 0 aromatic carbocycles. The van der Waals surface area contributed by atoms with Crippen LogP contribution in [0, 0.1) is 0 Å². The SMILES string of the molecule is O=PO.[Cr]. The molecule has 0 radical (unpaired) electrons. The van der Waals surface area contributed by atoms with E-state index in [1.807, 2.05) is 0 Å². The van der Waals surface area contributed by atoms with Gasteiger partial charge in [0, 0.05) is 17.4 Å². The Morgan fingerprint density at radius 3 is 1.75 bits per heavy atom. The summed E-state index contributed by atoms with van der Waals surface area (Å²) < 4.78 is 8.46. The molecule has 0 unspecified atom stereocenters. The first-order valence-electron chi connectivity index (χ1n) is 0.383. The van der Waals surface area contributed by atoms with Crippen LogP contribution in [0.2, 0.25) is 0 Å². The summed E-state index contributed by atoms with van der Waals surface area (Å²) in [6.45, 7) is 0. The summed E-state index contributed by atoms with van der Waals surface area (Å²) in [7, 11) is -0.833. The summed E-state index contributed by atoms with van der Waals surface area (Å²) >= 11 is 0. The van der Waals surface area contributed by atoms with Gasteiger partial charge < -0.3 is 4.89 Å². The number of hydrogen-bond acceptors (Lipinski definition) is 1. The Morgan fingerprint density at radius 2 is 1.75 bits per heavy atom. The first kappa shape index (κ1) is 8.82. The fourth-order valence-corrected chi connectivity index (χ4v) is 0. The average Bonchev–Trinajstić information content (AvgIpc) is 0.918. The van der Waals surface area contributed by atoms with Gasteiger partial charge in [-0.3, -0.25) is 0 Å². The van der Waals surface area contributed by atoms with Crippen molar-refractivity contribution in [2.24, 2.45) is 0 Å². The van der Waals surface area contributed by atoms with E-state index in [4.69, 9.17) is 9.46 Å². The standard InChI is InChI=1S/Cr.HO2P/c;1-3-2/h;(H,1,2). The van der Waals surface area contributed by atoms with Gasteiger partial charge in [-0.2, -0.15) is 0 Å². The van der Waals surface area contributed by atoms with E-state index in [-0.39, 0.29) is 17.4 Å². The van der Waals surface area contributed by atoms with E-state index < -0.39 is 8.69 Å². The van der Waals surface area contributed by atoms with Crippen LogP contribution in [0.5, 0.6) is 0 Å². The van der Waals surface area contributed by atoms with Gasteiger partial charge >= 0.3 is 8.69 Å². The fourth-order valence-electron chi connectivity index (χ4n) is 0. The van der Waals surface area contributed by atoms with Gasteiger partial charge in [0.25, 0.3) is 0 Å². The summed E-state index contributed by atoms with van der Waals surface area (Å²) in [5, 5.41) is 0. The van der Waals surface area contributed by atoms with E-state index in [0.29, 0.717) is 0 Å². The quantitative estimate of drug-likeness (QED) is 0.458. The van der Waals surface area contributed by atoms with E-state index in [2.05, 4.69) is 0 Å². The minimum atomic E-state index is -0.833. The second-order valence-corrected chi connectivity index (χ2v) is 0.245. The van der Waals surface area contributed by atoms with Crippen molar-refractivity contribution in [1.82, 2.24) is 0 Å². The molecule has 0 spiro atoms. The first-order chi connectivity index (χ1) is 1.41. The summed E-state index contributed by atoms with van der Waals surface area (Å²) in [6.07, 6.45) is 0. The molecule has 0 rings (SSSR count). The molecule has 0 aromatic heterocycles. The van der Waals surface area contributed by atoms with Crippen LogP contribution in [0.3, 0.4) is 0 Å². The van der Waals surface area contributed by atoms with Crippen molar-refractivity contribution in [3.63, 3.8) is 0 Å². The van der Waals surface area contributed by atoms with E-state index in [9.17, 15) is 0 Å². The molecule has 1 N–H and O–H groups in total. The van der Waals surface area contributed by atoms with Crippen molar-refractivity contribution in [3.8, 4) is 0 Å². The van der Waals surface area contributed by atoms with E-state index in [0.717, 1.165) is 0 Å². The van der Waals surface area contributed by atoms with Crippen LogP contribution in [0.1, 0.15) is 0 Å². The molecule has 0 fully saturated rings. The normalized spacial score (nSPS) is 5.25. The van der Waals surface area contributed by atoms with Crippen LogP contribution in [-0.4, -0.2) is 4.89 Å². The molecule has 0 amide bonds. The molecule has 0 bridgehead atoms. The van der Waals surface area contributed by atoms with Gasteiger partial charge in [-0.05, 0) is 0 Å². The molecule has 0 saturated heterocycles. The molecular weight excluding hydrogens is 115 g/mol. The Labute approximate surface area is 36.2 Å². The van der Waals surface area contributed by atoms with Crippen molar-refractivity contribution >= 4 is 8.69 Å². The van der Waals surface area contributed by atoms with Crippen molar-refractivity contribution in [3.05, 3.63) is 0 Å². The summed E-state index contributed by atoms with van der Waals surface area (Å²) in [5.74, 6) is 0. The van der Waals surface area contributed by atoms with Crippen molar-refractivity contribution in [2.45, 2.75) is 0 Å². The predicted octanol–water partition coefficient (Wildman–Crippen LogP) is 0.183. The largest absolute Gasteiger partial charge is 0.324 e. The third kappa shape index (κ3) is 18.7. The smallest absolute Gasteiger partial charge is 0.310 e. The van der Waals surface area contributed by atoms with Gasteiger partial charge in [0.2, 0.25) is 0 Å². The summed E-state index contributed by atoms with van der Waals surface area (Å²) in [5.41, 5.74) is 0. The van der Waals surface area contributed by atoms with Crippen LogP contribution in [0.15, 0.2) is 0 Å². The van der Waals surface area contributed by atoms with Crippen molar-refractivity contribution in [2.75, 3.05) is 0 Å². The van der Waals surface area contributed by atoms with Gasteiger partial charge in [0.15, 0.2) is 0 Å². The molecule has 0 aliphatic carbocycles. The molecule has 0 heterocycles. The second-order valence-electron chi connectivity index (χ2n) is 0.0816. The van der Waals surface area contributed by atoms with Crippen LogP contribution in [0.4, 0.5) is 0 Å². The van der Waals surface area contributed by atoms with Crippen LogP contribution < -0.4 is 0 Å². The summed E-state index contributed by atoms with van der Waals surface area (Å²) in [6, 6.07) is 0. The molecule has 0 atom stereocenters. The zero-order valence-electron chi connectivity index (χ0n) is 1.71. The molecule has 0 saturated carbocycles. The topological polar surface area (TPSA) is 37.3 Å². The van der Waals surface area contributed by atoms with Crippen LogP contribution >= 0.6 is 8.69 Å². The monoisotopic (exact) mass is 116 g/mol. The van der Waals surface area contributed by atoms with E-state index >= 15 is 0 Å². The van der Waals surface area contributed by atoms with Crippen LogP contribution in [0.25, 0.3) is 0 Å². The van der Waals surface area contributed by atoms with Crippen LogP contribution in [-0.2, 0) is 21.9 Å². The zero-order chi connectivity index (χ0) is 2.71. The van der Waals surface area contributed by atoms with E-state index in [1.54, 1.807) is 0 Å². The molecule has 0 aromatic rings. The Bertz CT molecular complexity index is 13.5. The van der Waals surface area contributed by atoms with Crippen molar-refractivity contribution < 1.29 is 26.8 Å². The Kier molecular flexibility index (Phi) is 21.0. The Hall–Kier alpha value is 0.592. The molecular formula is HCrO2P. The van der Waals surface area contributed by atoms with Crippen molar-refractivity contribution in [1.29, 1.82) is 0 Å². The number of hydrogen-bond donors (Lipinski definition) is 1. The summed E-state index contributed by atoms with van der Waals surface area (Å²) in [4.78, 5) is 6.99. The molecule has 4 heteroatoms. The maximum absolute atomic E-state index is 8.46. The van der Waals surface area contributed by atoms with Gasteiger partial charge in [-0.25, -0.2) is 4.57 Å². The molecule has 24 valence electrons. The molecule has 0 aliphatic rings. The second kappa shape index (κ2) is 9.52. The minimum absolute atomic E-state index is 0.